The SMILES string of the molecule is CCC(O)(CC)c1c(OC)cc(Cc2cnc(N)nc2N)cc1OC. The molecule has 1 aromatic heterocycles. The predicted octanol–water partition coefficient (Wildman–Crippen LogP) is 2.26. The van der Waals surface area contributed by atoms with Gasteiger partial charge in [-0.25, -0.2) is 4.98 Å². The summed E-state index contributed by atoms with van der Waals surface area (Å²) in [5, 5.41) is 11.0. The first-order chi connectivity index (χ1) is 11.9. The van der Waals surface area contributed by atoms with E-state index >= 15 is 0 Å². The van der Waals surface area contributed by atoms with Gasteiger partial charge in [0, 0.05) is 18.2 Å². The number of anilines is 2. The zero-order chi connectivity index (χ0) is 18.6. The molecule has 0 fully saturated rings. The summed E-state index contributed by atoms with van der Waals surface area (Å²) in [5.41, 5.74) is 12.8. The lowest BCUT2D eigenvalue weighted by Crippen LogP contribution is -2.25. The van der Waals surface area contributed by atoms with Crippen molar-refractivity contribution in [3.05, 3.63) is 35.0 Å². The Bertz CT molecular complexity index is 720. The molecular formula is C18H26N4O3. The third kappa shape index (κ3) is 3.76. The number of hydrogen-bond donors (Lipinski definition) is 3. The highest BCUT2D eigenvalue weighted by molar-refractivity contribution is 5.53. The molecule has 7 nitrogen and oxygen atoms in total. The molecule has 0 saturated heterocycles. The lowest BCUT2D eigenvalue weighted by atomic mass is 9.86. The zero-order valence-corrected chi connectivity index (χ0v) is 15.2. The van der Waals surface area contributed by atoms with Crippen LogP contribution in [-0.4, -0.2) is 29.3 Å². The van der Waals surface area contributed by atoms with Crippen LogP contribution in [-0.2, 0) is 12.0 Å². The molecular weight excluding hydrogens is 320 g/mol. The van der Waals surface area contributed by atoms with Crippen molar-refractivity contribution in [2.75, 3.05) is 25.7 Å². The van der Waals surface area contributed by atoms with Crippen LogP contribution in [0.25, 0.3) is 0 Å². The summed E-state index contributed by atoms with van der Waals surface area (Å²) >= 11 is 0. The molecule has 0 atom stereocenters. The molecule has 2 aromatic rings. The molecule has 0 bridgehead atoms. The first-order valence-corrected chi connectivity index (χ1v) is 8.23. The molecule has 0 radical (unpaired) electrons. The summed E-state index contributed by atoms with van der Waals surface area (Å²) in [6, 6.07) is 3.76. The second-order valence-electron chi connectivity index (χ2n) is 5.93. The second-order valence-corrected chi connectivity index (χ2v) is 5.93. The Morgan fingerprint density at radius 2 is 1.64 bits per heavy atom. The van der Waals surface area contributed by atoms with Gasteiger partial charge in [0.25, 0.3) is 0 Å². The van der Waals surface area contributed by atoms with Crippen LogP contribution < -0.4 is 20.9 Å². The molecule has 5 N–H and O–H groups in total. The Morgan fingerprint density at radius 1 is 1.08 bits per heavy atom. The largest absolute Gasteiger partial charge is 0.496 e. The predicted molar refractivity (Wildman–Crippen MR) is 97.7 cm³/mol. The number of aromatic nitrogens is 2. The van der Waals surface area contributed by atoms with E-state index < -0.39 is 5.60 Å². The van der Waals surface area contributed by atoms with Crippen LogP contribution in [0.4, 0.5) is 11.8 Å². The molecule has 0 spiro atoms. The number of aliphatic hydroxyl groups is 1. The average molecular weight is 346 g/mol. The van der Waals surface area contributed by atoms with E-state index in [-0.39, 0.29) is 5.95 Å². The first-order valence-electron chi connectivity index (χ1n) is 8.23. The van der Waals surface area contributed by atoms with Crippen molar-refractivity contribution >= 4 is 11.8 Å². The maximum atomic E-state index is 11.0. The fraction of sp³-hybridized carbons (Fsp3) is 0.444. The Morgan fingerprint density at radius 3 is 2.08 bits per heavy atom. The maximum absolute atomic E-state index is 11.0. The normalized spacial score (nSPS) is 11.4. The number of nitrogen functional groups attached to an aromatic ring is 2. The van der Waals surface area contributed by atoms with E-state index in [0.717, 1.165) is 11.1 Å². The molecule has 25 heavy (non-hydrogen) atoms. The first kappa shape index (κ1) is 18.8. The van der Waals surface area contributed by atoms with E-state index in [1.807, 2.05) is 26.0 Å². The number of hydrogen-bond acceptors (Lipinski definition) is 7. The molecule has 136 valence electrons. The van der Waals surface area contributed by atoms with Crippen molar-refractivity contribution in [2.24, 2.45) is 0 Å². The number of rotatable bonds is 7. The van der Waals surface area contributed by atoms with Gasteiger partial charge in [0.05, 0.1) is 25.4 Å². The van der Waals surface area contributed by atoms with Gasteiger partial charge in [-0.15, -0.1) is 0 Å². The van der Waals surface area contributed by atoms with Crippen molar-refractivity contribution in [1.82, 2.24) is 9.97 Å². The van der Waals surface area contributed by atoms with E-state index in [4.69, 9.17) is 20.9 Å². The summed E-state index contributed by atoms with van der Waals surface area (Å²) in [6.07, 6.45) is 3.21. The average Bonchev–Trinajstić information content (AvgIpc) is 2.62. The zero-order valence-electron chi connectivity index (χ0n) is 15.2. The van der Waals surface area contributed by atoms with Crippen LogP contribution in [0.15, 0.2) is 18.3 Å². The van der Waals surface area contributed by atoms with Gasteiger partial charge >= 0.3 is 0 Å². The van der Waals surface area contributed by atoms with E-state index in [0.29, 0.717) is 42.1 Å². The van der Waals surface area contributed by atoms with Gasteiger partial charge in [0.1, 0.15) is 17.3 Å². The molecule has 0 aliphatic heterocycles. The van der Waals surface area contributed by atoms with Crippen LogP contribution in [0.2, 0.25) is 0 Å². The summed E-state index contributed by atoms with van der Waals surface area (Å²) < 4.78 is 11.1. The lowest BCUT2D eigenvalue weighted by Gasteiger charge is -2.29. The molecule has 0 aliphatic rings. The third-order valence-corrected chi connectivity index (χ3v) is 4.51. The highest BCUT2D eigenvalue weighted by Gasteiger charge is 2.32. The Hall–Kier alpha value is -2.54. The van der Waals surface area contributed by atoms with Crippen molar-refractivity contribution in [2.45, 2.75) is 38.7 Å². The monoisotopic (exact) mass is 346 g/mol. The van der Waals surface area contributed by atoms with E-state index in [2.05, 4.69) is 9.97 Å². The highest BCUT2D eigenvalue weighted by atomic mass is 16.5. The molecule has 1 aromatic carbocycles. The molecule has 0 aliphatic carbocycles. The van der Waals surface area contributed by atoms with Crippen LogP contribution in [0.1, 0.15) is 43.4 Å². The van der Waals surface area contributed by atoms with Gasteiger partial charge in [-0.05, 0) is 30.5 Å². The van der Waals surface area contributed by atoms with Gasteiger partial charge in [-0.3, -0.25) is 0 Å². The van der Waals surface area contributed by atoms with Crippen LogP contribution >= 0.6 is 0 Å². The van der Waals surface area contributed by atoms with E-state index in [1.54, 1.807) is 20.4 Å². The second kappa shape index (κ2) is 7.57. The van der Waals surface area contributed by atoms with Crippen molar-refractivity contribution < 1.29 is 14.6 Å². The molecule has 0 amide bonds. The standard InChI is InChI=1S/C18H26N4O3/c1-5-18(23,6-2)15-13(24-3)8-11(9-14(15)25-4)7-12-10-21-17(20)22-16(12)19/h8-10,23H,5-7H2,1-4H3,(H4,19,20,21,22). The van der Waals surface area contributed by atoms with Gasteiger partial charge in [-0.2, -0.15) is 4.98 Å². The number of benzene rings is 1. The van der Waals surface area contributed by atoms with Crippen molar-refractivity contribution in [3.63, 3.8) is 0 Å². The molecule has 7 heteroatoms. The minimum absolute atomic E-state index is 0.141. The smallest absolute Gasteiger partial charge is 0.221 e. The highest BCUT2D eigenvalue weighted by Crippen LogP contribution is 2.42. The van der Waals surface area contributed by atoms with E-state index in [1.165, 1.54) is 0 Å². The fourth-order valence-corrected chi connectivity index (χ4v) is 2.92. The van der Waals surface area contributed by atoms with Crippen LogP contribution in [0, 0.1) is 0 Å². The van der Waals surface area contributed by atoms with Gasteiger partial charge < -0.3 is 26.0 Å². The number of methoxy groups -OCH3 is 2. The Kier molecular flexibility index (Phi) is 5.69. The molecule has 0 unspecified atom stereocenters. The minimum atomic E-state index is -1.02. The topological polar surface area (TPSA) is 117 Å². The van der Waals surface area contributed by atoms with E-state index in [9.17, 15) is 5.11 Å². The molecule has 1 heterocycles. The Balaban J connectivity index is 2.52. The van der Waals surface area contributed by atoms with Crippen molar-refractivity contribution in [1.29, 1.82) is 0 Å². The number of ether oxygens (including phenoxy) is 2. The summed E-state index contributed by atoms with van der Waals surface area (Å²) in [4.78, 5) is 7.97. The lowest BCUT2D eigenvalue weighted by molar-refractivity contribution is 0.0236. The molecule has 0 saturated carbocycles. The van der Waals surface area contributed by atoms with Crippen LogP contribution in [0.3, 0.4) is 0 Å². The maximum Gasteiger partial charge on any atom is 0.221 e. The number of nitrogens with zero attached hydrogens (tertiary/aromatic N) is 2. The van der Waals surface area contributed by atoms with Gasteiger partial charge in [0.2, 0.25) is 5.95 Å². The van der Waals surface area contributed by atoms with Crippen molar-refractivity contribution in [3.8, 4) is 11.5 Å². The summed E-state index contributed by atoms with van der Waals surface area (Å²) in [6.45, 7) is 3.87. The third-order valence-electron chi connectivity index (χ3n) is 4.51. The van der Waals surface area contributed by atoms with Crippen LogP contribution in [0.5, 0.6) is 11.5 Å². The number of nitrogens with two attached hydrogens (primary N) is 2. The quantitative estimate of drug-likeness (QED) is 0.704. The summed E-state index contributed by atoms with van der Waals surface area (Å²) in [7, 11) is 3.16. The Labute approximate surface area is 148 Å². The minimum Gasteiger partial charge on any atom is -0.496 e. The van der Waals surface area contributed by atoms with Gasteiger partial charge in [0.15, 0.2) is 0 Å². The van der Waals surface area contributed by atoms with Gasteiger partial charge in [-0.1, -0.05) is 13.8 Å². The fourth-order valence-electron chi connectivity index (χ4n) is 2.92. The summed E-state index contributed by atoms with van der Waals surface area (Å²) in [5.74, 6) is 1.64. The molecule has 2 rings (SSSR count).